The molecule has 0 saturated carbocycles. The maximum atomic E-state index is 10.4. The molecule has 1 rings (SSSR count). The Morgan fingerprint density at radius 3 is 1.83 bits per heavy atom. The second-order valence-electron chi connectivity index (χ2n) is 4.43. The van der Waals surface area contributed by atoms with Crippen LogP contribution in [0.15, 0.2) is 12.1 Å². The van der Waals surface area contributed by atoms with Gasteiger partial charge < -0.3 is 15.5 Å². The molecule has 0 saturated heterocycles. The Morgan fingerprint density at radius 2 is 1.50 bits per heavy atom. The second kappa shape index (κ2) is 10.8. The summed E-state index contributed by atoms with van der Waals surface area (Å²) in [6, 6.07) is 0.894. The van der Waals surface area contributed by atoms with Crippen LogP contribution in [0.2, 0.25) is 0 Å². The number of phenolic OH excluding ortho intramolecular Hbond substituents is 1. The average Bonchev–Trinajstić information content (AvgIpc) is 2.51. The maximum Gasteiger partial charge on any atom is 0.324 e. The van der Waals surface area contributed by atoms with E-state index in [1.165, 1.54) is 12.8 Å². The maximum absolute atomic E-state index is 10.4. The predicted octanol–water partition coefficient (Wildman–Crippen LogP) is 1.49. The van der Waals surface area contributed by atoms with Crippen LogP contribution in [0.5, 0.6) is 5.75 Å². The molecule has 0 amide bonds. The minimum Gasteiger partial charge on any atom is -0.497 e. The van der Waals surface area contributed by atoms with Crippen LogP contribution in [-0.4, -0.2) is 44.7 Å². The highest BCUT2D eigenvalue weighted by Gasteiger charge is 2.30. The summed E-state index contributed by atoms with van der Waals surface area (Å²) in [5, 5.41) is 51.6. The van der Waals surface area contributed by atoms with Gasteiger partial charge in [-0.3, -0.25) is 30.3 Å². The molecule has 0 aliphatic heterocycles. The SMILES string of the molecule is CCCCNCCO.O=[N+]([O-])c1cc([N+](=O)[O-])c(O)c([N+](=O)[O-])c1. The van der Waals surface area contributed by atoms with Gasteiger partial charge in [0, 0.05) is 6.54 Å². The van der Waals surface area contributed by atoms with Gasteiger partial charge in [-0.05, 0) is 13.0 Å². The molecule has 12 heteroatoms. The third-order valence-corrected chi connectivity index (χ3v) is 2.65. The zero-order valence-corrected chi connectivity index (χ0v) is 12.9. The van der Waals surface area contributed by atoms with Crippen molar-refractivity contribution in [3.8, 4) is 5.75 Å². The molecule has 0 aromatic heterocycles. The lowest BCUT2D eigenvalue weighted by atomic mass is 10.2. The smallest absolute Gasteiger partial charge is 0.324 e. The quantitative estimate of drug-likeness (QED) is 0.356. The Hall–Kier alpha value is -2.86. The van der Waals surface area contributed by atoms with Crippen LogP contribution in [0.3, 0.4) is 0 Å². The van der Waals surface area contributed by atoms with Crippen molar-refractivity contribution in [2.75, 3.05) is 19.7 Å². The Labute approximate surface area is 136 Å². The molecule has 0 bridgehead atoms. The summed E-state index contributed by atoms with van der Waals surface area (Å²) >= 11 is 0. The second-order valence-corrected chi connectivity index (χ2v) is 4.43. The number of hydrogen-bond donors (Lipinski definition) is 3. The van der Waals surface area contributed by atoms with Crippen LogP contribution in [-0.2, 0) is 0 Å². The Morgan fingerprint density at radius 1 is 1.00 bits per heavy atom. The molecule has 0 unspecified atom stereocenters. The van der Waals surface area contributed by atoms with Gasteiger partial charge in [-0.15, -0.1) is 0 Å². The van der Waals surface area contributed by atoms with E-state index >= 15 is 0 Å². The number of nitro benzene ring substituents is 3. The minimum atomic E-state index is -1.21. The summed E-state index contributed by atoms with van der Waals surface area (Å²) in [7, 11) is 0. The molecule has 1 aromatic carbocycles. The van der Waals surface area contributed by atoms with Gasteiger partial charge in [0.1, 0.15) is 0 Å². The monoisotopic (exact) mass is 346 g/mol. The topological polar surface area (TPSA) is 182 Å². The molecule has 3 N–H and O–H groups in total. The van der Waals surface area contributed by atoms with Gasteiger partial charge in [-0.2, -0.15) is 0 Å². The van der Waals surface area contributed by atoms with Gasteiger partial charge in [-0.25, -0.2) is 0 Å². The van der Waals surface area contributed by atoms with Crippen LogP contribution in [0.25, 0.3) is 0 Å². The first kappa shape index (κ1) is 21.1. The number of phenols is 1. The van der Waals surface area contributed by atoms with Crippen LogP contribution < -0.4 is 5.32 Å². The van der Waals surface area contributed by atoms with E-state index in [4.69, 9.17) is 10.2 Å². The van der Waals surface area contributed by atoms with Gasteiger partial charge >= 0.3 is 11.4 Å². The summed E-state index contributed by atoms with van der Waals surface area (Å²) in [5.41, 5.74) is -3.00. The zero-order valence-electron chi connectivity index (χ0n) is 12.9. The predicted molar refractivity (Wildman–Crippen MR) is 82.9 cm³/mol. The molecule has 24 heavy (non-hydrogen) atoms. The van der Waals surface area contributed by atoms with Crippen molar-refractivity contribution in [1.82, 2.24) is 5.32 Å². The highest BCUT2D eigenvalue weighted by Crippen LogP contribution is 2.38. The zero-order chi connectivity index (χ0) is 18.7. The van der Waals surface area contributed by atoms with Crippen molar-refractivity contribution in [1.29, 1.82) is 0 Å². The van der Waals surface area contributed by atoms with Crippen molar-refractivity contribution in [3.63, 3.8) is 0 Å². The van der Waals surface area contributed by atoms with E-state index in [0.29, 0.717) is 12.1 Å². The number of hydrogen-bond acceptors (Lipinski definition) is 9. The summed E-state index contributed by atoms with van der Waals surface area (Å²) < 4.78 is 0. The van der Waals surface area contributed by atoms with Gasteiger partial charge in [0.2, 0.25) is 0 Å². The normalized spacial score (nSPS) is 9.75. The number of nitro groups is 3. The fourth-order valence-electron chi connectivity index (χ4n) is 1.48. The molecular formula is C12H18N4O8. The van der Waals surface area contributed by atoms with Crippen molar-refractivity contribution in [2.24, 2.45) is 0 Å². The largest absolute Gasteiger partial charge is 0.497 e. The van der Waals surface area contributed by atoms with Crippen molar-refractivity contribution in [2.45, 2.75) is 19.8 Å². The lowest BCUT2D eigenvalue weighted by Crippen LogP contribution is -2.18. The summed E-state index contributed by atoms with van der Waals surface area (Å²) in [6.45, 7) is 4.18. The summed E-state index contributed by atoms with van der Waals surface area (Å²) in [6.07, 6.45) is 2.43. The van der Waals surface area contributed by atoms with Crippen molar-refractivity contribution in [3.05, 3.63) is 42.5 Å². The Kier molecular flexibility index (Phi) is 9.51. The number of aliphatic hydroxyl groups excluding tert-OH is 1. The van der Waals surface area contributed by atoms with E-state index in [1.54, 1.807) is 0 Å². The van der Waals surface area contributed by atoms with Crippen molar-refractivity contribution < 1.29 is 25.0 Å². The number of aliphatic hydroxyl groups is 1. The third-order valence-electron chi connectivity index (χ3n) is 2.65. The fourth-order valence-corrected chi connectivity index (χ4v) is 1.48. The minimum absolute atomic E-state index is 0.254. The standard InChI is InChI=1S/C6H3N3O7.C6H15NO/c10-6-4(8(13)14)1-3(7(11)12)2-5(6)9(15)16;1-2-3-4-7-5-6-8/h1-2,10H;7-8H,2-6H2,1H3. The highest BCUT2D eigenvalue weighted by atomic mass is 16.6. The van der Waals surface area contributed by atoms with Gasteiger partial charge in [0.25, 0.3) is 11.4 Å². The average molecular weight is 346 g/mol. The Balaban J connectivity index is 0.000000561. The number of nitrogens with zero attached hydrogens (tertiary/aromatic N) is 3. The molecule has 134 valence electrons. The van der Waals surface area contributed by atoms with E-state index in [2.05, 4.69) is 12.2 Å². The van der Waals surface area contributed by atoms with Crippen LogP contribution >= 0.6 is 0 Å². The Bertz CT molecular complexity index is 551. The molecule has 0 fully saturated rings. The van der Waals surface area contributed by atoms with E-state index in [9.17, 15) is 30.3 Å². The first-order valence-corrected chi connectivity index (χ1v) is 6.88. The lowest BCUT2D eigenvalue weighted by Gasteiger charge is -1.97. The molecule has 0 spiro atoms. The van der Waals surface area contributed by atoms with E-state index in [1.807, 2.05) is 0 Å². The molecule has 0 aliphatic carbocycles. The number of benzene rings is 1. The van der Waals surface area contributed by atoms with Gasteiger partial charge in [0.15, 0.2) is 0 Å². The number of non-ortho nitro benzene ring substituents is 1. The van der Waals surface area contributed by atoms with Crippen molar-refractivity contribution >= 4 is 17.1 Å². The summed E-state index contributed by atoms with van der Waals surface area (Å²) in [5.74, 6) is -1.21. The van der Waals surface area contributed by atoms with E-state index in [-0.39, 0.29) is 6.61 Å². The fraction of sp³-hybridized carbons (Fsp3) is 0.500. The molecule has 0 aliphatic rings. The number of aromatic hydroxyl groups is 1. The van der Waals surface area contributed by atoms with Crippen LogP contribution in [0, 0.1) is 30.3 Å². The highest BCUT2D eigenvalue weighted by molar-refractivity contribution is 5.64. The molecule has 1 aromatic rings. The van der Waals surface area contributed by atoms with Gasteiger partial charge in [0.05, 0.1) is 33.5 Å². The molecule has 0 radical (unpaired) electrons. The third kappa shape index (κ3) is 6.93. The van der Waals surface area contributed by atoms with Gasteiger partial charge in [-0.1, -0.05) is 13.3 Å². The van der Waals surface area contributed by atoms with Crippen LogP contribution in [0.4, 0.5) is 17.1 Å². The summed E-state index contributed by atoms with van der Waals surface area (Å²) in [4.78, 5) is 27.8. The molecule has 0 atom stereocenters. The molecule has 0 heterocycles. The number of rotatable bonds is 8. The molecular weight excluding hydrogens is 328 g/mol. The molecule has 12 nitrogen and oxygen atoms in total. The van der Waals surface area contributed by atoms with E-state index < -0.39 is 37.6 Å². The lowest BCUT2D eigenvalue weighted by molar-refractivity contribution is -0.404. The van der Waals surface area contributed by atoms with E-state index in [0.717, 1.165) is 13.1 Å². The van der Waals surface area contributed by atoms with Crippen LogP contribution in [0.1, 0.15) is 19.8 Å². The first-order valence-electron chi connectivity index (χ1n) is 6.88. The number of nitrogens with one attached hydrogen (secondary N) is 1. The number of unbranched alkanes of at least 4 members (excludes halogenated alkanes) is 1. The first-order chi connectivity index (χ1) is 11.3.